The van der Waals surface area contributed by atoms with Gasteiger partial charge < -0.3 is 4.74 Å². The number of hydrogen-bond donors (Lipinski definition) is 0. The zero-order valence-electron chi connectivity index (χ0n) is 12.4. The van der Waals surface area contributed by atoms with E-state index in [0.717, 1.165) is 62.5 Å². The van der Waals surface area contributed by atoms with Crippen LogP contribution in [0.5, 0.6) is 0 Å². The zero-order chi connectivity index (χ0) is 14.7. The predicted octanol–water partition coefficient (Wildman–Crippen LogP) is 2.81. The third kappa shape index (κ3) is 3.22. The maximum absolute atomic E-state index is 14.0. The van der Waals surface area contributed by atoms with Crippen molar-refractivity contribution in [2.45, 2.75) is 19.8 Å². The molecule has 0 amide bonds. The first-order chi connectivity index (χ1) is 10.3. The van der Waals surface area contributed by atoms with Gasteiger partial charge in [-0.25, -0.2) is 4.39 Å². The first-order valence-electron chi connectivity index (χ1n) is 7.65. The summed E-state index contributed by atoms with van der Waals surface area (Å²) in [4.78, 5) is 7.10. The molecule has 0 atom stereocenters. The minimum Gasteiger partial charge on any atom is -0.379 e. The Morgan fingerprint density at radius 3 is 2.81 bits per heavy atom. The highest BCUT2D eigenvalue weighted by molar-refractivity contribution is 5.85. The lowest BCUT2D eigenvalue weighted by Crippen LogP contribution is -2.37. The molecule has 1 aromatic carbocycles. The molecule has 3 nitrogen and oxygen atoms in total. The number of nitrogens with zero attached hydrogens (tertiary/aromatic N) is 2. The Hall–Kier alpha value is -1.52. The van der Waals surface area contributed by atoms with Crippen LogP contribution in [-0.4, -0.2) is 42.7 Å². The van der Waals surface area contributed by atoms with Crippen molar-refractivity contribution in [1.29, 1.82) is 0 Å². The molecule has 3 rings (SSSR count). The molecule has 0 radical (unpaired) electrons. The summed E-state index contributed by atoms with van der Waals surface area (Å²) in [6, 6.07) is 7.14. The van der Waals surface area contributed by atoms with E-state index in [4.69, 9.17) is 9.72 Å². The van der Waals surface area contributed by atoms with Gasteiger partial charge in [0, 0.05) is 48.2 Å². The van der Waals surface area contributed by atoms with E-state index >= 15 is 0 Å². The van der Waals surface area contributed by atoms with Gasteiger partial charge in [0.05, 0.1) is 13.2 Å². The Bertz CT molecular complexity index is 623. The number of halogens is 1. The zero-order valence-corrected chi connectivity index (χ0v) is 12.4. The number of hydrogen-bond acceptors (Lipinski definition) is 3. The average molecular weight is 288 g/mol. The topological polar surface area (TPSA) is 25.4 Å². The van der Waals surface area contributed by atoms with Crippen LogP contribution in [0.25, 0.3) is 10.8 Å². The van der Waals surface area contributed by atoms with E-state index in [9.17, 15) is 4.39 Å². The summed E-state index contributed by atoms with van der Waals surface area (Å²) in [6.45, 7) is 6.56. The van der Waals surface area contributed by atoms with E-state index < -0.39 is 0 Å². The van der Waals surface area contributed by atoms with Gasteiger partial charge in [-0.2, -0.15) is 0 Å². The van der Waals surface area contributed by atoms with Gasteiger partial charge in [0.1, 0.15) is 5.82 Å². The minimum absolute atomic E-state index is 0.155. The highest BCUT2D eigenvalue weighted by atomic mass is 19.1. The molecule has 2 aromatic rings. The number of aromatic nitrogens is 1. The first-order valence-corrected chi connectivity index (χ1v) is 7.65. The summed E-state index contributed by atoms with van der Waals surface area (Å²) < 4.78 is 19.4. The van der Waals surface area contributed by atoms with Gasteiger partial charge in [-0.3, -0.25) is 9.88 Å². The lowest BCUT2D eigenvalue weighted by atomic mass is 10.0. The third-order valence-electron chi connectivity index (χ3n) is 4.08. The Morgan fingerprint density at radius 1 is 1.24 bits per heavy atom. The van der Waals surface area contributed by atoms with E-state index in [2.05, 4.69) is 11.8 Å². The summed E-state index contributed by atoms with van der Waals surface area (Å²) in [7, 11) is 0. The van der Waals surface area contributed by atoms with Crippen LogP contribution >= 0.6 is 0 Å². The van der Waals surface area contributed by atoms with Gasteiger partial charge in [-0.1, -0.05) is 19.1 Å². The van der Waals surface area contributed by atoms with Crippen molar-refractivity contribution in [2.75, 3.05) is 32.8 Å². The van der Waals surface area contributed by atoms with Crippen molar-refractivity contribution in [3.63, 3.8) is 0 Å². The monoisotopic (exact) mass is 288 g/mol. The summed E-state index contributed by atoms with van der Waals surface area (Å²) in [6.07, 6.45) is 1.68. The number of fused-ring (bicyclic) bond motifs is 1. The molecule has 0 saturated carbocycles. The fourth-order valence-corrected chi connectivity index (χ4v) is 2.83. The number of aryl methyl sites for hydroxylation is 1. The number of morpholine rings is 1. The number of benzene rings is 1. The van der Waals surface area contributed by atoms with Crippen LogP contribution < -0.4 is 0 Å². The molecule has 21 heavy (non-hydrogen) atoms. The van der Waals surface area contributed by atoms with Gasteiger partial charge in [0.2, 0.25) is 0 Å². The standard InChI is InChI=1S/C17H21FN2O/c1-2-13-12-15-14(4-3-5-16(15)18)17(19-13)6-7-20-8-10-21-11-9-20/h3-5,12H,2,6-11H2,1H3. The molecule has 1 aliphatic rings. The van der Waals surface area contributed by atoms with Gasteiger partial charge >= 0.3 is 0 Å². The Labute approximate surface area is 124 Å². The fraction of sp³-hybridized carbons (Fsp3) is 0.471. The molecular weight excluding hydrogens is 267 g/mol. The molecular formula is C17H21FN2O. The van der Waals surface area contributed by atoms with Crippen LogP contribution in [0.1, 0.15) is 18.3 Å². The highest BCUT2D eigenvalue weighted by Gasteiger charge is 2.13. The molecule has 0 bridgehead atoms. The van der Waals surface area contributed by atoms with Gasteiger partial charge in [0.15, 0.2) is 0 Å². The van der Waals surface area contributed by atoms with Gasteiger partial charge in [-0.05, 0) is 18.6 Å². The van der Waals surface area contributed by atoms with E-state index in [1.807, 2.05) is 12.1 Å². The molecule has 0 unspecified atom stereocenters. The van der Waals surface area contributed by atoms with Crippen LogP contribution in [0.2, 0.25) is 0 Å². The second kappa shape index (κ2) is 6.50. The van der Waals surface area contributed by atoms with Crippen LogP contribution in [0.4, 0.5) is 4.39 Å². The van der Waals surface area contributed by atoms with Crippen LogP contribution in [-0.2, 0) is 17.6 Å². The van der Waals surface area contributed by atoms with Crippen molar-refractivity contribution in [2.24, 2.45) is 0 Å². The lowest BCUT2D eigenvalue weighted by molar-refractivity contribution is 0.0384. The first kappa shape index (κ1) is 14.4. The molecule has 0 spiro atoms. The quantitative estimate of drug-likeness (QED) is 0.865. The van der Waals surface area contributed by atoms with Crippen molar-refractivity contribution in [3.05, 3.63) is 41.5 Å². The predicted molar refractivity (Wildman–Crippen MR) is 82.0 cm³/mol. The van der Waals surface area contributed by atoms with Gasteiger partial charge in [-0.15, -0.1) is 0 Å². The summed E-state index contributed by atoms with van der Waals surface area (Å²) in [5, 5.41) is 1.64. The molecule has 4 heteroatoms. The van der Waals surface area contributed by atoms with Crippen molar-refractivity contribution >= 4 is 10.8 Å². The van der Waals surface area contributed by atoms with Crippen LogP contribution in [0, 0.1) is 5.82 Å². The Morgan fingerprint density at radius 2 is 2.05 bits per heavy atom. The smallest absolute Gasteiger partial charge is 0.131 e. The minimum atomic E-state index is -0.155. The van der Waals surface area contributed by atoms with Crippen molar-refractivity contribution < 1.29 is 9.13 Å². The fourth-order valence-electron chi connectivity index (χ4n) is 2.83. The van der Waals surface area contributed by atoms with E-state index in [0.29, 0.717) is 5.39 Å². The second-order valence-electron chi connectivity index (χ2n) is 5.45. The molecule has 1 aliphatic heterocycles. The average Bonchev–Trinajstić information content (AvgIpc) is 2.54. The van der Waals surface area contributed by atoms with Crippen molar-refractivity contribution in [3.8, 4) is 0 Å². The normalized spacial score (nSPS) is 16.5. The number of ether oxygens (including phenoxy) is 1. The van der Waals surface area contributed by atoms with Gasteiger partial charge in [0.25, 0.3) is 0 Å². The van der Waals surface area contributed by atoms with Crippen molar-refractivity contribution in [1.82, 2.24) is 9.88 Å². The maximum atomic E-state index is 14.0. The molecule has 1 fully saturated rings. The maximum Gasteiger partial charge on any atom is 0.131 e. The molecule has 1 saturated heterocycles. The number of rotatable bonds is 4. The number of pyridine rings is 1. The van der Waals surface area contributed by atoms with E-state index in [1.165, 1.54) is 6.07 Å². The highest BCUT2D eigenvalue weighted by Crippen LogP contribution is 2.22. The summed E-state index contributed by atoms with van der Waals surface area (Å²) in [5.41, 5.74) is 1.97. The van der Waals surface area contributed by atoms with E-state index in [1.54, 1.807) is 6.07 Å². The molecule has 2 heterocycles. The SMILES string of the molecule is CCc1cc2c(F)cccc2c(CCN2CCOCC2)n1. The molecule has 0 aliphatic carbocycles. The Balaban J connectivity index is 1.87. The van der Waals surface area contributed by atoms with Crippen LogP contribution in [0.15, 0.2) is 24.3 Å². The molecule has 1 aromatic heterocycles. The Kier molecular flexibility index (Phi) is 4.46. The van der Waals surface area contributed by atoms with E-state index in [-0.39, 0.29) is 5.82 Å². The third-order valence-corrected chi connectivity index (χ3v) is 4.08. The summed E-state index contributed by atoms with van der Waals surface area (Å²) in [5.74, 6) is -0.155. The molecule has 112 valence electrons. The lowest BCUT2D eigenvalue weighted by Gasteiger charge is -2.26. The second-order valence-corrected chi connectivity index (χ2v) is 5.45. The molecule has 0 N–H and O–H groups in total. The largest absolute Gasteiger partial charge is 0.379 e. The summed E-state index contributed by atoms with van der Waals surface area (Å²) >= 11 is 0. The van der Waals surface area contributed by atoms with Crippen LogP contribution in [0.3, 0.4) is 0 Å².